The second-order valence-corrected chi connectivity index (χ2v) is 10.9. The molecule has 0 aliphatic carbocycles. The van der Waals surface area contributed by atoms with Crippen molar-refractivity contribution in [1.29, 1.82) is 0 Å². The minimum absolute atomic E-state index is 0.0148. The van der Waals surface area contributed by atoms with Crippen molar-refractivity contribution in [2.75, 3.05) is 13.2 Å². The van der Waals surface area contributed by atoms with Gasteiger partial charge >= 0.3 is 24.0 Å². The molecule has 37 heavy (non-hydrogen) atoms. The lowest BCUT2D eigenvalue weighted by Crippen LogP contribution is -2.54. The quantitative estimate of drug-likeness (QED) is 0.297. The standard InChI is InChI=1S/C28H39NO8/c1-8-34-22(30)17-20-23(37-25(32)28(5,6)7)21(36-24(31)27(2,3)4)15-12-16-29(20)26(33)35-18-19-13-10-9-11-14-19/h9-15,20-21,23H,8,16-18H2,1-7H3/t20-,21+,23+/m1/s1. The van der Waals surface area contributed by atoms with Gasteiger partial charge < -0.3 is 18.9 Å². The maximum atomic E-state index is 13.3. The summed E-state index contributed by atoms with van der Waals surface area (Å²) < 4.78 is 22.3. The Kier molecular flexibility index (Phi) is 10.3. The van der Waals surface area contributed by atoms with Crippen LogP contribution >= 0.6 is 0 Å². The van der Waals surface area contributed by atoms with Crippen LogP contribution in [0.15, 0.2) is 42.5 Å². The number of carbonyl (C=O) groups excluding carboxylic acids is 4. The van der Waals surface area contributed by atoms with E-state index in [2.05, 4.69) is 0 Å². The van der Waals surface area contributed by atoms with Crippen LogP contribution in [-0.4, -0.2) is 60.3 Å². The first kappa shape index (κ1) is 29.9. The zero-order valence-corrected chi connectivity index (χ0v) is 22.8. The van der Waals surface area contributed by atoms with Crippen LogP contribution in [0, 0.1) is 10.8 Å². The first-order chi connectivity index (χ1) is 17.2. The molecule has 1 aliphatic heterocycles. The molecule has 1 aromatic rings. The minimum atomic E-state index is -1.18. The van der Waals surface area contributed by atoms with Gasteiger partial charge in [0.2, 0.25) is 0 Å². The largest absolute Gasteiger partial charge is 0.466 e. The van der Waals surface area contributed by atoms with Gasteiger partial charge in [-0.2, -0.15) is 0 Å². The predicted molar refractivity (Wildman–Crippen MR) is 136 cm³/mol. The number of amides is 1. The molecule has 0 saturated carbocycles. The number of carbonyl (C=O) groups is 4. The van der Waals surface area contributed by atoms with Crippen molar-refractivity contribution in [3.05, 3.63) is 48.0 Å². The average Bonchev–Trinajstić information content (AvgIpc) is 2.96. The van der Waals surface area contributed by atoms with Crippen LogP contribution in [0.2, 0.25) is 0 Å². The predicted octanol–water partition coefficient (Wildman–Crippen LogP) is 4.43. The molecular formula is C28H39NO8. The summed E-state index contributed by atoms with van der Waals surface area (Å²) >= 11 is 0. The maximum Gasteiger partial charge on any atom is 0.410 e. The summed E-state index contributed by atoms with van der Waals surface area (Å²) in [5.74, 6) is -1.68. The molecule has 9 nitrogen and oxygen atoms in total. The third-order valence-electron chi connectivity index (χ3n) is 5.56. The van der Waals surface area contributed by atoms with Gasteiger partial charge in [-0.25, -0.2) is 4.79 Å². The van der Waals surface area contributed by atoms with E-state index in [1.165, 1.54) is 4.90 Å². The summed E-state index contributed by atoms with van der Waals surface area (Å²) in [7, 11) is 0. The topological polar surface area (TPSA) is 108 Å². The number of ether oxygens (including phenoxy) is 4. The van der Waals surface area contributed by atoms with Crippen LogP contribution in [0.3, 0.4) is 0 Å². The SMILES string of the molecule is CCOC(=O)C[C@@H]1[C@H](OC(=O)C(C)(C)C)[C@@H](OC(=O)C(C)(C)C)C=CCN1C(=O)OCc1ccccc1. The molecule has 0 saturated heterocycles. The highest BCUT2D eigenvalue weighted by molar-refractivity contribution is 5.78. The smallest absolute Gasteiger partial charge is 0.410 e. The van der Waals surface area contributed by atoms with Crippen LogP contribution in [-0.2, 0) is 39.9 Å². The second kappa shape index (κ2) is 12.7. The van der Waals surface area contributed by atoms with Gasteiger partial charge in [-0.15, -0.1) is 0 Å². The molecular weight excluding hydrogens is 478 g/mol. The summed E-state index contributed by atoms with van der Waals surface area (Å²) in [4.78, 5) is 53.0. The molecule has 2 rings (SSSR count). The van der Waals surface area contributed by atoms with E-state index in [0.717, 1.165) is 5.56 Å². The Morgan fingerprint density at radius 1 is 0.892 bits per heavy atom. The van der Waals surface area contributed by atoms with Gasteiger partial charge in [-0.3, -0.25) is 19.3 Å². The molecule has 204 valence electrons. The molecule has 1 aromatic carbocycles. The molecule has 0 radical (unpaired) electrons. The van der Waals surface area contributed by atoms with E-state index in [9.17, 15) is 19.2 Å². The van der Waals surface area contributed by atoms with Crippen molar-refractivity contribution in [2.45, 2.75) is 79.7 Å². The number of benzene rings is 1. The van der Waals surface area contributed by atoms with E-state index in [1.54, 1.807) is 60.6 Å². The van der Waals surface area contributed by atoms with Crippen LogP contribution in [0.5, 0.6) is 0 Å². The van der Waals surface area contributed by atoms with Gasteiger partial charge in [-0.05, 0) is 60.1 Å². The molecule has 0 unspecified atom stereocenters. The van der Waals surface area contributed by atoms with E-state index < -0.39 is 53.1 Å². The summed E-state index contributed by atoms with van der Waals surface area (Å²) in [5, 5.41) is 0. The Bertz CT molecular complexity index is 974. The lowest BCUT2D eigenvalue weighted by Gasteiger charge is -2.37. The van der Waals surface area contributed by atoms with Gasteiger partial charge in [0.1, 0.15) is 6.61 Å². The van der Waals surface area contributed by atoms with Gasteiger partial charge in [0.15, 0.2) is 12.2 Å². The molecule has 0 aromatic heterocycles. The van der Waals surface area contributed by atoms with Crippen LogP contribution < -0.4 is 0 Å². The molecule has 0 fully saturated rings. The highest BCUT2D eigenvalue weighted by atomic mass is 16.6. The molecule has 1 aliphatic rings. The Hall–Kier alpha value is -3.36. The normalized spacial score (nSPS) is 20.0. The molecule has 0 N–H and O–H groups in total. The van der Waals surface area contributed by atoms with Crippen molar-refractivity contribution >= 4 is 24.0 Å². The molecule has 0 spiro atoms. The Morgan fingerprint density at radius 3 is 2.05 bits per heavy atom. The van der Waals surface area contributed by atoms with Crippen molar-refractivity contribution < 1.29 is 38.1 Å². The number of hydrogen-bond acceptors (Lipinski definition) is 8. The second-order valence-electron chi connectivity index (χ2n) is 10.9. The number of hydrogen-bond donors (Lipinski definition) is 0. The summed E-state index contributed by atoms with van der Waals surface area (Å²) in [6.45, 7) is 12.0. The first-order valence-corrected chi connectivity index (χ1v) is 12.5. The highest BCUT2D eigenvalue weighted by Gasteiger charge is 2.45. The van der Waals surface area contributed by atoms with E-state index in [-0.39, 0.29) is 26.2 Å². The Labute approximate surface area is 219 Å². The van der Waals surface area contributed by atoms with Gasteiger partial charge in [0, 0.05) is 6.54 Å². The average molecular weight is 518 g/mol. The summed E-state index contributed by atoms with van der Waals surface area (Å²) in [6.07, 6.45) is -0.000619. The molecule has 3 atom stereocenters. The third-order valence-corrected chi connectivity index (χ3v) is 5.56. The third kappa shape index (κ3) is 8.91. The maximum absolute atomic E-state index is 13.3. The highest BCUT2D eigenvalue weighted by Crippen LogP contribution is 2.28. The number of rotatable bonds is 7. The number of nitrogens with zero attached hydrogens (tertiary/aromatic N) is 1. The van der Waals surface area contributed by atoms with Gasteiger partial charge in [-0.1, -0.05) is 36.4 Å². The first-order valence-electron chi connectivity index (χ1n) is 12.5. The van der Waals surface area contributed by atoms with E-state index in [0.29, 0.717) is 0 Å². The summed E-state index contributed by atoms with van der Waals surface area (Å²) in [6, 6.07) is 8.15. The Morgan fingerprint density at radius 2 is 1.49 bits per heavy atom. The Balaban J connectivity index is 2.44. The fraction of sp³-hybridized carbons (Fsp3) is 0.571. The van der Waals surface area contributed by atoms with Crippen molar-refractivity contribution in [2.24, 2.45) is 10.8 Å². The van der Waals surface area contributed by atoms with Crippen LogP contribution in [0.25, 0.3) is 0 Å². The number of esters is 3. The fourth-order valence-corrected chi connectivity index (χ4v) is 3.43. The van der Waals surface area contributed by atoms with Gasteiger partial charge in [0.25, 0.3) is 0 Å². The van der Waals surface area contributed by atoms with Crippen LogP contribution in [0.1, 0.15) is 60.5 Å². The monoisotopic (exact) mass is 517 g/mol. The minimum Gasteiger partial charge on any atom is -0.466 e. The lowest BCUT2D eigenvalue weighted by atomic mass is 9.95. The molecule has 0 bridgehead atoms. The van der Waals surface area contributed by atoms with E-state index in [4.69, 9.17) is 18.9 Å². The molecule has 9 heteroatoms. The van der Waals surface area contributed by atoms with Crippen molar-refractivity contribution in [1.82, 2.24) is 4.90 Å². The zero-order valence-electron chi connectivity index (χ0n) is 22.8. The van der Waals surface area contributed by atoms with E-state index >= 15 is 0 Å². The lowest BCUT2D eigenvalue weighted by molar-refractivity contribution is -0.179. The zero-order chi connectivity index (χ0) is 27.8. The van der Waals surface area contributed by atoms with Gasteiger partial charge in [0.05, 0.1) is 29.9 Å². The van der Waals surface area contributed by atoms with Crippen molar-refractivity contribution in [3.63, 3.8) is 0 Å². The summed E-state index contributed by atoms with van der Waals surface area (Å²) in [5.41, 5.74) is -0.929. The molecule has 1 heterocycles. The van der Waals surface area contributed by atoms with Crippen LogP contribution in [0.4, 0.5) is 4.79 Å². The van der Waals surface area contributed by atoms with Crippen molar-refractivity contribution in [3.8, 4) is 0 Å². The van der Waals surface area contributed by atoms with E-state index in [1.807, 2.05) is 30.3 Å². The fourth-order valence-electron chi connectivity index (χ4n) is 3.43. The molecule has 1 amide bonds.